The van der Waals surface area contributed by atoms with E-state index in [9.17, 15) is 4.79 Å². The first kappa shape index (κ1) is 10.3. The fourth-order valence-corrected chi connectivity index (χ4v) is 2.39. The minimum absolute atomic E-state index is 0.0302. The van der Waals surface area contributed by atoms with Gasteiger partial charge in [-0.05, 0) is 42.0 Å². The maximum absolute atomic E-state index is 11.2. The largest absolute Gasteiger partial charge is 0.336 e. The van der Waals surface area contributed by atoms with Gasteiger partial charge in [0.2, 0.25) is 0 Å². The molecule has 0 amide bonds. The molecule has 1 heterocycles. The van der Waals surface area contributed by atoms with E-state index in [1.165, 1.54) is 30.9 Å². The highest BCUT2D eigenvalue weighted by molar-refractivity contribution is 5.91. The van der Waals surface area contributed by atoms with Crippen LogP contribution in [0.15, 0.2) is 24.4 Å². The maximum Gasteiger partial charge on any atom is 0.194 e. The number of aromatic nitrogens is 2. The van der Waals surface area contributed by atoms with Gasteiger partial charge in [-0.15, -0.1) is 0 Å². The van der Waals surface area contributed by atoms with Crippen molar-refractivity contribution >= 4 is 5.78 Å². The fourth-order valence-electron chi connectivity index (χ4n) is 2.39. The number of nitrogens with one attached hydrogen (secondary N) is 1. The van der Waals surface area contributed by atoms with Gasteiger partial charge in [-0.1, -0.05) is 12.1 Å². The number of benzene rings is 1. The van der Waals surface area contributed by atoms with E-state index in [1.807, 2.05) is 0 Å². The second-order valence-corrected chi connectivity index (χ2v) is 4.54. The normalized spacial score (nSPS) is 13.7. The second kappa shape index (κ2) is 3.84. The predicted octanol–water partition coefficient (Wildman–Crippen LogP) is 2.77. The van der Waals surface area contributed by atoms with Crippen LogP contribution in [0.25, 0.3) is 11.3 Å². The summed E-state index contributed by atoms with van der Waals surface area (Å²) in [6.45, 7) is 1.52. The number of hydrogen-bond donors (Lipinski definition) is 1. The van der Waals surface area contributed by atoms with E-state index in [-0.39, 0.29) is 5.78 Å². The van der Waals surface area contributed by atoms with Crippen molar-refractivity contribution in [3.8, 4) is 11.3 Å². The van der Waals surface area contributed by atoms with Crippen molar-refractivity contribution in [2.45, 2.75) is 26.2 Å². The number of ketones is 1. The topological polar surface area (TPSA) is 45.8 Å². The number of nitrogens with zero attached hydrogens (tertiary/aromatic N) is 1. The summed E-state index contributed by atoms with van der Waals surface area (Å²) in [6, 6.07) is 6.49. The van der Waals surface area contributed by atoms with Crippen LogP contribution in [0.3, 0.4) is 0 Å². The Labute approximate surface area is 99.9 Å². The van der Waals surface area contributed by atoms with E-state index in [1.54, 1.807) is 6.20 Å². The Hall–Kier alpha value is -1.90. The van der Waals surface area contributed by atoms with E-state index in [2.05, 4.69) is 28.2 Å². The van der Waals surface area contributed by atoms with Crippen molar-refractivity contribution in [3.05, 3.63) is 41.3 Å². The van der Waals surface area contributed by atoms with Gasteiger partial charge in [-0.3, -0.25) is 4.79 Å². The number of carbonyl (C=O) groups is 1. The Kier molecular flexibility index (Phi) is 2.32. The standard InChI is InChI=1S/C14H14N2O/c1-9(17)14-15-8-13(16-14)12-6-5-10-3-2-4-11(10)7-12/h5-8H,2-4H2,1H3,(H,15,16). The van der Waals surface area contributed by atoms with Crippen molar-refractivity contribution in [1.82, 2.24) is 9.97 Å². The molecule has 3 nitrogen and oxygen atoms in total. The lowest BCUT2D eigenvalue weighted by Crippen LogP contribution is -1.94. The van der Waals surface area contributed by atoms with Crippen molar-refractivity contribution in [3.63, 3.8) is 0 Å². The summed E-state index contributed by atoms with van der Waals surface area (Å²) < 4.78 is 0. The Balaban J connectivity index is 2.00. The van der Waals surface area contributed by atoms with Crippen molar-refractivity contribution in [1.29, 1.82) is 0 Å². The SMILES string of the molecule is CC(=O)c1ncc(-c2ccc3c(c2)CCC3)[nH]1. The highest BCUT2D eigenvalue weighted by atomic mass is 16.1. The number of H-pyrrole nitrogens is 1. The minimum Gasteiger partial charge on any atom is -0.336 e. The first-order valence-electron chi connectivity index (χ1n) is 5.92. The van der Waals surface area contributed by atoms with Gasteiger partial charge < -0.3 is 4.98 Å². The van der Waals surface area contributed by atoms with Gasteiger partial charge in [0.15, 0.2) is 11.6 Å². The van der Waals surface area contributed by atoms with Gasteiger partial charge in [0.05, 0.1) is 11.9 Å². The molecule has 1 aromatic heterocycles. The molecule has 17 heavy (non-hydrogen) atoms. The molecule has 0 fully saturated rings. The number of Topliss-reactive ketones (excluding diaryl/α,β-unsaturated/α-hetero) is 1. The molecule has 1 aliphatic carbocycles. The molecule has 1 aromatic carbocycles. The van der Waals surface area contributed by atoms with Crippen LogP contribution in [0, 0.1) is 0 Å². The molecule has 2 aromatic rings. The van der Waals surface area contributed by atoms with Crippen molar-refractivity contribution in [2.75, 3.05) is 0 Å². The van der Waals surface area contributed by atoms with Gasteiger partial charge >= 0.3 is 0 Å². The van der Waals surface area contributed by atoms with E-state index >= 15 is 0 Å². The molecule has 1 aliphatic rings. The minimum atomic E-state index is -0.0302. The van der Waals surface area contributed by atoms with Gasteiger partial charge in [0.1, 0.15) is 0 Å². The van der Waals surface area contributed by atoms with Crippen LogP contribution in [0.5, 0.6) is 0 Å². The van der Waals surface area contributed by atoms with Gasteiger partial charge in [-0.25, -0.2) is 4.98 Å². The molecule has 3 heteroatoms. The second-order valence-electron chi connectivity index (χ2n) is 4.54. The quantitative estimate of drug-likeness (QED) is 0.800. The summed E-state index contributed by atoms with van der Waals surface area (Å²) in [6.07, 6.45) is 5.34. The molecule has 0 spiro atoms. The monoisotopic (exact) mass is 226 g/mol. The lowest BCUT2D eigenvalue weighted by Gasteiger charge is -2.02. The molecular formula is C14H14N2O. The van der Waals surface area contributed by atoms with Crippen LogP contribution in [-0.4, -0.2) is 15.8 Å². The third-order valence-electron chi connectivity index (χ3n) is 3.32. The van der Waals surface area contributed by atoms with E-state index in [0.29, 0.717) is 5.82 Å². The molecule has 0 aliphatic heterocycles. The van der Waals surface area contributed by atoms with Gasteiger partial charge in [0, 0.05) is 6.92 Å². The number of carbonyl (C=O) groups excluding carboxylic acids is 1. The zero-order valence-electron chi connectivity index (χ0n) is 9.79. The molecule has 0 radical (unpaired) electrons. The van der Waals surface area contributed by atoms with E-state index in [0.717, 1.165) is 17.7 Å². The molecule has 0 saturated carbocycles. The third kappa shape index (κ3) is 1.78. The zero-order valence-corrected chi connectivity index (χ0v) is 9.79. The predicted molar refractivity (Wildman–Crippen MR) is 66.1 cm³/mol. The summed E-state index contributed by atoms with van der Waals surface area (Å²) in [5.41, 5.74) is 4.93. The average molecular weight is 226 g/mol. The van der Waals surface area contributed by atoms with Crippen LogP contribution in [-0.2, 0) is 12.8 Å². The summed E-state index contributed by atoms with van der Waals surface area (Å²) >= 11 is 0. The van der Waals surface area contributed by atoms with E-state index < -0.39 is 0 Å². The Morgan fingerprint density at radius 1 is 1.29 bits per heavy atom. The molecule has 0 saturated heterocycles. The summed E-state index contributed by atoms with van der Waals surface area (Å²) in [7, 11) is 0. The molecule has 86 valence electrons. The third-order valence-corrected chi connectivity index (χ3v) is 3.32. The Bertz CT molecular complexity index is 584. The van der Waals surface area contributed by atoms with Crippen LogP contribution < -0.4 is 0 Å². The molecule has 0 bridgehead atoms. The zero-order chi connectivity index (χ0) is 11.8. The smallest absolute Gasteiger partial charge is 0.194 e. The van der Waals surface area contributed by atoms with Crippen molar-refractivity contribution in [2.24, 2.45) is 0 Å². The fraction of sp³-hybridized carbons (Fsp3) is 0.286. The first-order valence-corrected chi connectivity index (χ1v) is 5.92. The van der Waals surface area contributed by atoms with Crippen LogP contribution in [0.1, 0.15) is 35.1 Å². The maximum atomic E-state index is 11.2. The number of fused-ring (bicyclic) bond motifs is 1. The number of hydrogen-bond acceptors (Lipinski definition) is 2. The molecule has 3 rings (SSSR count). The van der Waals surface area contributed by atoms with Crippen LogP contribution in [0.4, 0.5) is 0 Å². The Morgan fingerprint density at radius 3 is 2.88 bits per heavy atom. The summed E-state index contributed by atoms with van der Waals surface area (Å²) in [5, 5.41) is 0. The first-order chi connectivity index (χ1) is 8.24. The van der Waals surface area contributed by atoms with Gasteiger partial charge in [-0.2, -0.15) is 0 Å². The number of aromatic amines is 1. The number of rotatable bonds is 2. The molecule has 0 atom stereocenters. The van der Waals surface area contributed by atoms with Crippen molar-refractivity contribution < 1.29 is 4.79 Å². The lowest BCUT2D eigenvalue weighted by molar-refractivity contribution is 0.100. The molecule has 1 N–H and O–H groups in total. The molecule has 0 unspecified atom stereocenters. The summed E-state index contributed by atoms with van der Waals surface area (Å²) in [4.78, 5) is 18.3. The number of imidazole rings is 1. The number of aryl methyl sites for hydroxylation is 2. The Morgan fingerprint density at radius 2 is 2.12 bits per heavy atom. The highest BCUT2D eigenvalue weighted by Gasteiger charge is 2.12. The highest BCUT2D eigenvalue weighted by Crippen LogP contribution is 2.27. The van der Waals surface area contributed by atoms with Crippen LogP contribution in [0.2, 0.25) is 0 Å². The summed E-state index contributed by atoms with van der Waals surface area (Å²) in [5.74, 6) is 0.401. The lowest BCUT2D eigenvalue weighted by atomic mass is 10.1. The molecular weight excluding hydrogens is 212 g/mol. The van der Waals surface area contributed by atoms with Crippen LogP contribution >= 0.6 is 0 Å². The van der Waals surface area contributed by atoms with Gasteiger partial charge in [0.25, 0.3) is 0 Å². The van der Waals surface area contributed by atoms with E-state index in [4.69, 9.17) is 0 Å². The average Bonchev–Trinajstić information content (AvgIpc) is 2.97.